The summed E-state index contributed by atoms with van der Waals surface area (Å²) in [6.07, 6.45) is 0. The molecular formula is C27H29N3OS. The normalized spacial score (nSPS) is 14.7. The number of hydrogen-bond acceptors (Lipinski definition) is 5. The number of rotatable bonds is 4. The zero-order valence-electron chi connectivity index (χ0n) is 18.9. The Kier molecular flexibility index (Phi) is 5.62. The van der Waals surface area contributed by atoms with Gasteiger partial charge in [-0.25, -0.2) is 4.98 Å². The third-order valence-electron chi connectivity index (χ3n) is 6.00. The van der Waals surface area contributed by atoms with Gasteiger partial charge in [0.25, 0.3) is 0 Å². The molecule has 1 aliphatic heterocycles. The smallest absolute Gasteiger partial charge is 0.186 e. The molecule has 0 amide bonds. The predicted octanol–water partition coefficient (Wildman–Crippen LogP) is 6.84. The second-order valence-corrected chi connectivity index (χ2v) is 10.1. The van der Waals surface area contributed by atoms with Crippen molar-refractivity contribution in [3.8, 4) is 11.3 Å². The highest BCUT2D eigenvalue weighted by Crippen LogP contribution is 2.36. The Bertz CT molecular complexity index is 1220. The number of aromatic nitrogens is 1. The molecule has 1 aromatic heterocycles. The molecule has 0 radical (unpaired) electrons. The first kappa shape index (κ1) is 21.0. The van der Waals surface area contributed by atoms with Gasteiger partial charge < -0.3 is 15.0 Å². The van der Waals surface area contributed by atoms with E-state index in [1.54, 1.807) is 11.3 Å². The van der Waals surface area contributed by atoms with Crippen LogP contribution < -0.4 is 10.2 Å². The lowest BCUT2D eigenvalue weighted by molar-refractivity contribution is 0.122. The highest BCUT2D eigenvalue weighted by molar-refractivity contribution is 7.14. The molecule has 0 bridgehead atoms. The van der Waals surface area contributed by atoms with Crippen LogP contribution in [0.4, 0.5) is 16.5 Å². The summed E-state index contributed by atoms with van der Waals surface area (Å²) in [6, 6.07) is 21.7. The molecule has 3 aromatic carbocycles. The minimum atomic E-state index is 0.153. The minimum absolute atomic E-state index is 0.153. The van der Waals surface area contributed by atoms with Crippen molar-refractivity contribution in [2.24, 2.45) is 0 Å². The molecule has 0 atom stereocenters. The van der Waals surface area contributed by atoms with Crippen LogP contribution in [-0.2, 0) is 10.2 Å². The molecule has 0 unspecified atom stereocenters. The first-order chi connectivity index (χ1) is 15.5. The Balaban J connectivity index is 1.46. The van der Waals surface area contributed by atoms with Crippen LogP contribution in [0.2, 0.25) is 0 Å². The minimum Gasteiger partial charge on any atom is -0.378 e. The van der Waals surface area contributed by atoms with Gasteiger partial charge in [0.05, 0.1) is 18.9 Å². The summed E-state index contributed by atoms with van der Waals surface area (Å²) in [4.78, 5) is 7.29. The van der Waals surface area contributed by atoms with Crippen molar-refractivity contribution < 1.29 is 4.74 Å². The molecule has 32 heavy (non-hydrogen) atoms. The first-order valence-corrected chi connectivity index (χ1v) is 12.0. The number of anilines is 3. The second kappa shape index (κ2) is 8.57. The SMILES string of the molecule is CC(C)(C)c1ccc(Nc2ccc(-c3csc(N4CCOCC4)n3)c3ccccc23)cc1. The van der Waals surface area contributed by atoms with E-state index in [0.717, 1.165) is 48.5 Å². The van der Waals surface area contributed by atoms with Crippen molar-refractivity contribution >= 4 is 38.6 Å². The Labute approximate surface area is 193 Å². The Morgan fingerprint density at radius 3 is 2.34 bits per heavy atom. The van der Waals surface area contributed by atoms with Gasteiger partial charge in [-0.1, -0.05) is 63.2 Å². The number of hydrogen-bond donors (Lipinski definition) is 1. The van der Waals surface area contributed by atoms with Crippen LogP contribution in [0.3, 0.4) is 0 Å². The molecule has 1 N–H and O–H groups in total. The fraction of sp³-hybridized carbons (Fsp3) is 0.296. The van der Waals surface area contributed by atoms with E-state index in [-0.39, 0.29) is 5.41 Å². The van der Waals surface area contributed by atoms with E-state index < -0.39 is 0 Å². The van der Waals surface area contributed by atoms with Crippen LogP contribution in [0.25, 0.3) is 22.0 Å². The third kappa shape index (κ3) is 4.23. The van der Waals surface area contributed by atoms with Gasteiger partial charge in [0, 0.05) is 40.8 Å². The first-order valence-electron chi connectivity index (χ1n) is 11.2. The van der Waals surface area contributed by atoms with Gasteiger partial charge in [-0.2, -0.15) is 0 Å². The van der Waals surface area contributed by atoms with Crippen LogP contribution in [0, 0.1) is 0 Å². The fourth-order valence-corrected chi connectivity index (χ4v) is 5.01. The average Bonchev–Trinajstić information content (AvgIpc) is 3.30. The number of ether oxygens (including phenoxy) is 1. The number of nitrogens with one attached hydrogen (secondary N) is 1. The lowest BCUT2D eigenvalue weighted by Gasteiger charge is -2.26. The zero-order chi connectivity index (χ0) is 22.1. The molecule has 4 aromatic rings. The molecule has 0 spiro atoms. The summed E-state index contributed by atoms with van der Waals surface area (Å²) >= 11 is 1.71. The monoisotopic (exact) mass is 443 g/mol. The second-order valence-electron chi connectivity index (χ2n) is 9.27. The van der Waals surface area contributed by atoms with E-state index in [1.807, 2.05) is 0 Å². The van der Waals surface area contributed by atoms with Crippen LogP contribution >= 0.6 is 11.3 Å². The Morgan fingerprint density at radius 1 is 0.906 bits per heavy atom. The van der Waals surface area contributed by atoms with Gasteiger partial charge in [-0.3, -0.25) is 0 Å². The Hall–Kier alpha value is -2.89. The largest absolute Gasteiger partial charge is 0.378 e. The van der Waals surface area contributed by atoms with E-state index in [9.17, 15) is 0 Å². The van der Waals surface area contributed by atoms with Crippen molar-refractivity contribution in [1.29, 1.82) is 0 Å². The molecule has 5 rings (SSSR count). The molecule has 2 heterocycles. The van der Waals surface area contributed by atoms with Gasteiger partial charge >= 0.3 is 0 Å². The molecule has 5 heteroatoms. The molecule has 1 saturated heterocycles. The summed E-state index contributed by atoms with van der Waals surface area (Å²) in [6.45, 7) is 10.1. The van der Waals surface area contributed by atoms with Crippen LogP contribution in [-0.4, -0.2) is 31.3 Å². The van der Waals surface area contributed by atoms with E-state index in [0.29, 0.717) is 0 Å². The summed E-state index contributed by atoms with van der Waals surface area (Å²) in [7, 11) is 0. The molecule has 0 saturated carbocycles. The van der Waals surface area contributed by atoms with Crippen molar-refractivity contribution in [3.63, 3.8) is 0 Å². The molecule has 164 valence electrons. The maximum Gasteiger partial charge on any atom is 0.186 e. The zero-order valence-corrected chi connectivity index (χ0v) is 19.7. The number of benzene rings is 3. The van der Waals surface area contributed by atoms with Crippen molar-refractivity contribution in [1.82, 2.24) is 4.98 Å². The highest BCUT2D eigenvalue weighted by Gasteiger charge is 2.17. The third-order valence-corrected chi connectivity index (χ3v) is 6.91. The highest BCUT2D eigenvalue weighted by atomic mass is 32.1. The van der Waals surface area contributed by atoms with Crippen LogP contribution in [0.1, 0.15) is 26.3 Å². The number of nitrogens with zero attached hydrogens (tertiary/aromatic N) is 2. The average molecular weight is 444 g/mol. The lowest BCUT2D eigenvalue weighted by atomic mass is 9.87. The van der Waals surface area contributed by atoms with Crippen LogP contribution in [0.15, 0.2) is 66.0 Å². The summed E-state index contributed by atoms with van der Waals surface area (Å²) in [5, 5.41) is 9.28. The van der Waals surface area contributed by atoms with Gasteiger partial charge in [0.1, 0.15) is 0 Å². The maximum absolute atomic E-state index is 5.48. The lowest BCUT2D eigenvalue weighted by Crippen LogP contribution is -2.36. The summed E-state index contributed by atoms with van der Waals surface area (Å²) in [5.74, 6) is 0. The van der Waals surface area contributed by atoms with E-state index in [2.05, 4.69) is 97.0 Å². The molecule has 0 aliphatic carbocycles. The van der Waals surface area contributed by atoms with E-state index >= 15 is 0 Å². The van der Waals surface area contributed by atoms with Gasteiger partial charge in [0.2, 0.25) is 0 Å². The van der Waals surface area contributed by atoms with Gasteiger partial charge in [-0.15, -0.1) is 11.3 Å². The molecular weight excluding hydrogens is 414 g/mol. The van der Waals surface area contributed by atoms with E-state index in [4.69, 9.17) is 9.72 Å². The number of morpholine rings is 1. The number of thiazole rings is 1. The quantitative estimate of drug-likeness (QED) is 0.375. The molecule has 1 fully saturated rings. The van der Waals surface area contributed by atoms with Gasteiger partial charge in [0.15, 0.2) is 5.13 Å². The summed E-state index contributed by atoms with van der Waals surface area (Å²) < 4.78 is 5.48. The topological polar surface area (TPSA) is 37.4 Å². The standard InChI is InChI=1S/C27H29N3OS/c1-27(2,3)19-8-10-20(11-9-19)28-24-13-12-23(21-6-4-5-7-22(21)24)25-18-32-26(29-25)30-14-16-31-17-15-30/h4-13,18,28H,14-17H2,1-3H3. The van der Waals surface area contributed by atoms with Gasteiger partial charge in [-0.05, 0) is 34.6 Å². The van der Waals surface area contributed by atoms with Crippen LogP contribution in [0.5, 0.6) is 0 Å². The van der Waals surface area contributed by atoms with Crippen molar-refractivity contribution in [2.75, 3.05) is 36.5 Å². The number of fused-ring (bicyclic) bond motifs is 1. The van der Waals surface area contributed by atoms with Crippen molar-refractivity contribution in [3.05, 3.63) is 71.6 Å². The molecule has 1 aliphatic rings. The van der Waals surface area contributed by atoms with E-state index in [1.165, 1.54) is 21.9 Å². The maximum atomic E-state index is 5.48. The Morgan fingerprint density at radius 2 is 1.62 bits per heavy atom. The predicted molar refractivity (Wildman–Crippen MR) is 137 cm³/mol. The molecule has 4 nitrogen and oxygen atoms in total. The fourth-order valence-electron chi connectivity index (χ4n) is 4.13. The van der Waals surface area contributed by atoms with Crippen molar-refractivity contribution in [2.45, 2.75) is 26.2 Å². The summed E-state index contributed by atoms with van der Waals surface area (Å²) in [5.41, 5.74) is 5.90.